The first-order chi connectivity index (χ1) is 10.2. The molecule has 0 radical (unpaired) electrons. The Kier molecular flexibility index (Phi) is 3.83. The number of aryl methyl sites for hydroxylation is 1. The monoisotopic (exact) mass is 298 g/mol. The van der Waals surface area contributed by atoms with E-state index in [2.05, 4.69) is 10.5 Å². The van der Waals surface area contributed by atoms with Gasteiger partial charge in [-0.05, 0) is 30.0 Å². The number of hydrogen-bond acceptors (Lipinski definition) is 4. The lowest BCUT2D eigenvalue weighted by atomic mass is 10.2. The van der Waals surface area contributed by atoms with Crippen molar-refractivity contribution in [3.63, 3.8) is 0 Å². The van der Waals surface area contributed by atoms with Gasteiger partial charge in [-0.1, -0.05) is 29.4 Å². The third-order valence-electron chi connectivity index (χ3n) is 3.08. The number of carbonyl (C=O) groups is 1. The molecular weight excluding hydrogens is 284 g/mol. The second-order valence-corrected chi connectivity index (χ2v) is 5.65. The van der Waals surface area contributed by atoms with Crippen LogP contribution < -0.4 is 5.32 Å². The Hall–Kier alpha value is -2.40. The molecule has 0 atom stereocenters. The third kappa shape index (κ3) is 3.20. The van der Waals surface area contributed by atoms with E-state index in [0.29, 0.717) is 11.5 Å². The van der Waals surface area contributed by atoms with Crippen molar-refractivity contribution in [3.8, 4) is 10.6 Å². The Balaban J connectivity index is 1.67. The highest BCUT2D eigenvalue weighted by Gasteiger charge is 2.11. The molecule has 0 aliphatic carbocycles. The number of anilines is 1. The van der Waals surface area contributed by atoms with E-state index in [1.54, 1.807) is 11.3 Å². The lowest BCUT2D eigenvalue weighted by Gasteiger charge is -2.06. The second kappa shape index (κ2) is 5.93. The van der Waals surface area contributed by atoms with E-state index in [1.807, 2.05) is 54.8 Å². The molecule has 2 aromatic heterocycles. The van der Waals surface area contributed by atoms with Crippen molar-refractivity contribution in [3.05, 3.63) is 59.1 Å². The number of benzene rings is 1. The smallest absolute Gasteiger partial charge is 0.230 e. The van der Waals surface area contributed by atoms with E-state index >= 15 is 0 Å². The number of para-hydroxylation sites is 1. The van der Waals surface area contributed by atoms with Crippen LogP contribution in [0.5, 0.6) is 0 Å². The maximum Gasteiger partial charge on any atom is 0.230 e. The zero-order valence-electron chi connectivity index (χ0n) is 11.5. The second-order valence-electron chi connectivity index (χ2n) is 4.70. The molecule has 4 nitrogen and oxygen atoms in total. The average molecular weight is 298 g/mol. The van der Waals surface area contributed by atoms with Gasteiger partial charge in [0.1, 0.15) is 0 Å². The fourth-order valence-corrected chi connectivity index (χ4v) is 2.68. The summed E-state index contributed by atoms with van der Waals surface area (Å²) in [5, 5.41) is 8.81. The molecule has 3 rings (SSSR count). The molecule has 0 saturated carbocycles. The Bertz CT molecular complexity index is 747. The molecule has 0 unspecified atom stereocenters. The maximum absolute atomic E-state index is 12.0. The van der Waals surface area contributed by atoms with Gasteiger partial charge in [0.05, 0.1) is 17.0 Å². The molecule has 1 amide bonds. The van der Waals surface area contributed by atoms with Gasteiger partial charge in [0, 0.05) is 11.8 Å². The highest BCUT2D eigenvalue weighted by atomic mass is 32.1. The van der Waals surface area contributed by atoms with Crippen molar-refractivity contribution >= 4 is 22.9 Å². The molecule has 106 valence electrons. The quantitative estimate of drug-likeness (QED) is 0.795. The number of hydrogen-bond donors (Lipinski definition) is 1. The average Bonchev–Trinajstić information content (AvgIpc) is 3.12. The summed E-state index contributed by atoms with van der Waals surface area (Å²) in [4.78, 5) is 13.0. The maximum atomic E-state index is 12.0. The van der Waals surface area contributed by atoms with Gasteiger partial charge in [-0.2, -0.15) is 0 Å². The van der Waals surface area contributed by atoms with Gasteiger partial charge in [0.2, 0.25) is 5.91 Å². The summed E-state index contributed by atoms with van der Waals surface area (Å²) in [6, 6.07) is 13.4. The van der Waals surface area contributed by atoms with Crippen molar-refractivity contribution in [2.75, 3.05) is 5.32 Å². The zero-order chi connectivity index (χ0) is 14.7. The van der Waals surface area contributed by atoms with E-state index in [-0.39, 0.29) is 12.3 Å². The van der Waals surface area contributed by atoms with Crippen LogP contribution in [0.15, 0.2) is 52.4 Å². The van der Waals surface area contributed by atoms with Crippen LogP contribution in [0, 0.1) is 6.92 Å². The van der Waals surface area contributed by atoms with Gasteiger partial charge in [-0.25, -0.2) is 0 Å². The summed E-state index contributed by atoms with van der Waals surface area (Å²) in [6.07, 6.45) is 0.198. The van der Waals surface area contributed by atoms with Gasteiger partial charge < -0.3 is 9.84 Å². The van der Waals surface area contributed by atoms with Crippen LogP contribution in [0.3, 0.4) is 0 Å². The molecule has 2 heterocycles. The van der Waals surface area contributed by atoms with Gasteiger partial charge in [-0.3, -0.25) is 4.79 Å². The number of nitrogens with one attached hydrogen (secondary N) is 1. The molecule has 1 N–H and O–H groups in total. The first kappa shape index (κ1) is 13.6. The van der Waals surface area contributed by atoms with Crippen molar-refractivity contribution in [1.29, 1.82) is 0 Å². The van der Waals surface area contributed by atoms with E-state index in [0.717, 1.165) is 16.1 Å². The molecular formula is C16H14N2O2S. The van der Waals surface area contributed by atoms with E-state index in [1.165, 1.54) is 0 Å². The molecule has 5 heteroatoms. The van der Waals surface area contributed by atoms with E-state index in [9.17, 15) is 4.79 Å². The number of carbonyl (C=O) groups excluding carboxylic acids is 1. The zero-order valence-corrected chi connectivity index (χ0v) is 12.3. The summed E-state index contributed by atoms with van der Waals surface area (Å²) in [5.74, 6) is 0.596. The van der Waals surface area contributed by atoms with Crippen molar-refractivity contribution in [2.45, 2.75) is 13.3 Å². The topological polar surface area (TPSA) is 55.1 Å². The molecule has 3 aromatic rings. The van der Waals surface area contributed by atoms with Gasteiger partial charge in [-0.15, -0.1) is 11.3 Å². The Morgan fingerprint density at radius 1 is 1.29 bits per heavy atom. The molecule has 0 spiro atoms. The summed E-state index contributed by atoms with van der Waals surface area (Å²) >= 11 is 1.58. The number of aromatic nitrogens is 1. The third-order valence-corrected chi connectivity index (χ3v) is 3.97. The Morgan fingerprint density at radius 2 is 2.14 bits per heavy atom. The molecule has 1 aromatic carbocycles. The molecule has 0 aliphatic heterocycles. The summed E-state index contributed by atoms with van der Waals surface area (Å²) in [7, 11) is 0. The Labute approximate surface area is 126 Å². The van der Waals surface area contributed by atoms with E-state index < -0.39 is 0 Å². The number of rotatable bonds is 4. The van der Waals surface area contributed by atoms with Crippen LogP contribution in [0.25, 0.3) is 10.6 Å². The molecule has 0 saturated heterocycles. The van der Waals surface area contributed by atoms with Crippen LogP contribution >= 0.6 is 11.3 Å². The molecule has 0 bridgehead atoms. The van der Waals surface area contributed by atoms with Crippen LogP contribution in [-0.2, 0) is 11.2 Å². The normalized spacial score (nSPS) is 10.5. The number of thiophene rings is 1. The van der Waals surface area contributed by atoms with Crippen LogP contribution in [0.1, 0.15) is 11.3 Å². The SMILES string of the molecule is Cc1ccccc1NC(=O)Cc1cc(-c2cccs2)on1. The van der Waals surface area contributed by atoms with E-state index in [4.69, 9.17) is 4.52 Å². The van der Waals surface area contributed by atoms with Gasteiger partial charge in [0.15, 0.2) is 5.76 Å². The van der Waals surface area contributed by atoms with Crippen LogP contribution in [0.2, 0.25) is 0 Å². The van der Waals surface area contributed by atoms with Crippen LogP contribution in [-0.4, -0.2) is 11.1 Å². The minimum absolute atomic E-state index is 0.102. The largest absolute Gasteiger partial charge is 0.355 e. The molecule has 21 heavy (non-hydrogen) atoms. The number of amides is 1. The summed E-state index contributed by atoms with van der Waals surface area (Å²) in [5.41, 5.74) is 2.49. The first-order valence-corrected chi connectivity index (χ1v) is 7.45. The summed E-state index contributed by atoms with van der Waals surface area (Å²) < 4.78 is 5.26. The standard InChI is InChI=1S/C16H14N2O2S/c1-11-5-2-3-6-13(11)17-16(19)10-12-9-14(20-18-12)15-7-4-8-21-15/h2-9H,10H2,1H3,(H,17,19). The van der Waals surface area contributed by atoms with Crippen molar-refractivity contribution in [2.24, 2.45) is 0 Å². The lowest BCUT2D eigenvalue weighted by molar-refractivity contribution is -0.115. The summed E-state index contributed by atoms with van der Waals surface area (Å²) in [6.45, 7) is 1.96. The predicted octanol–water partition coefficient (Wildman–Crippen LogP) is 3.89. The fraction of sp³-hybridized carbons (Fsp3) is 0.125. The van der Waals surface area contributed by atoms with Crippen molar-refractivity contribution < 1.29 is 9.32 Å². The van der Waals surface area contributed by atoms with Gasteiger partial charge >= 0.3 is 0 Å². The first-order valence-electron chi connectivity index (χ1n) is 6.57. The van der Waals surface area contributed by atoms with Crippen LogP contribution in [0.4, 0.5) is 5.69 Å². The minimum Gasteiger partial charge on any atom is -0.355 e. The Morgan fingerprint density at radius 3 is 2.90 bits per heavy atom. The fourth-order valence-electron chi connectivity index (χ4n) is 2.00. The van der Waals surface area contributed by atoms with Gasteiger partial charge in [0.25, 0.3) is 0 Å². The van der Waals surface area contributed by atoms with Crippen molar-refractivity contribution in [1.82, 2.24) is 5.16 Å². The molecule has 0 aliphatic rings. The highest BCUT2D eigenvalue weighted by molar-refractivity contribution is 7.13. The number of nitrogens with zero attached hydrogens (tertiary/aromatic N) is 1. The highest BCUT2D eigenvalue weighted by Crippen LogP contribution is 2.25. The predicted molar refractivity (Wildman–Crippen MR) is 83.3 cm³/mol. The lowest BCUT2D eigenvalue weighted by Crippen LogP contribution is -2.15. The minimum atomic E-state index is -0.102. The molecule has 0 fully saturated rings.